The van der Waals surface area contributed by atoms with Crippen molar-refractivity contribution in [3.05, 3.63) is 89.5 Å². The maximum Gasteiger partial charge on any atom is 0.317 e. The zero-order valence-corrected chi connectivity index (χ0v) is 14.8. The van der Waals surface area contributed by atoms with Crippen LogP contribution >= 0.6 is 0 Å². The van der Waals surface area contributed by atoms with E-state index in [4.69, 9.17) is 4.74 Å². The molecule has 3 heteroatoms. The van der Waals surface area contributed by atoms with Crippen molar-refractivity contribution in [2.45, 2.75) is 19.3 Å². The summed E-state index contributed by atoms with van der Waals surface area (Å²) < 4.78 is 5.16. The highest BCUT2D eigenvalue weighted by atomic mass is 16.5. The van der Waals surface area contributed by atoms with Crippen LogP contribution in [0, 0.1) is 5.92 Å². The summed E-state index contributed by atoms with van der Waals surface area (Å²) in [5.74, 6) is -1.60. The lowest BCUT2D eigenvalue weighted by molar-refractivity contribution is -0.151. The second kappa shape index (κ2) is 8.43. The molecule has 2 atom stereocenters. The van der Waals surface area contributed by atoms with Gasteiger partial charge in [0.1, 0.15) is 5.92 Å². The van der Waals surface area contributed by atoms with Gasteiger partial charge in [0.2, 0.25) is 0 Å². The highest BCUT2D eigenvalue weighted by Crippen LogP contribution is 2.37. The van der Waals surface area contributed by atoms with Gasteiger partial charge in [0.15, 0.2) is 5.78 Å². The Labute approximate surface area is 154 Å². The largest absolute Gasteiger partial charge is 0.465 e. The van der Waals surface area contributed by atoms with Crippen molar-refractivity contribution in [2.24, 2.45) is 5.92 Å². The topological polar surface area (TPSA) is 43.4 Å². The number of allylic oxidation sites excluding steroid dienone is 3. The van der Waals surface area contributed by atoms with Crippen molar-refractivity contribution in [2.75, 3.05) is 6.61 Å². The molecule has 132 valence electrons. The van der Waals surface area contributed by atoms with Gasteiger partial charge in [-0.3, -0.25) is 9.59 Å². The van der Waals surface area contributed by atoms with E-state index < -0.39 is 11.9 Å². The Kier molecular flexibility index (Phi) is 5.80. The second-order valence-corrected chi connectivity index (χ2v) is 6.32. The van der Waals surface area contributed by atoms with Crippen molar-refractivity contribution < 1.29 is 14.3 Å². The normalized spacial score (nSPS) is 20.0. The molecular weight excluding hydrogens is 324 g/mol. The third kappa shape index (κ3) is 4.17. The van der Waals surface area contributed by atoms with Gasteiger partial charge in [0.05, 0.1) is 6.61 Å². The Morgan fingerprint density at radius 2 is 1.69 bits per heavy atom. The lowest BCUT2D eigenvalue weighted by atomic mass is 9.75. The molecule has 0 N–H and O–H groups in total. The number of hydrogen-bond acceptors (Lipinski definition) is 3. The molecule has 1 aliphatic rings. The van der Waals surface area contributed by atoms with Gasteiger partial charge in [-0.1, -0.05) is 72.8 Å². The van der Waals surface area contributed by atoms with Crippen molar-refractivity contribution in [3.63, 3.8) is 0 Å². The van der Waals surface area contributed by atoms with Crippen LogP contribution in [0.2, 0.25) is 0 Å². The Hall–Kier alpha value is -2.94. The molecule has 0 aliphatic heterocycles. The van der Waals surface area contributed by atoms with E-state index in [9.17, 15) is 9.59 Å². The standard InChI is InChI=1S/C23H22O3/c1-2-26-23(25)22-20(19-11-7-4-8-12-19)15-18(16-21(22)24)14-13-17-9-5-3-6-10-17/h3-14,16,20,22H,2,15H2,1H3/b14-13-. The lowest BCUT2D eigenvalue weighted by Gasteiger charge is -2.28. The van der Waals surface area contributed by atoms with Crippen LogP contribution < -0.4 is 0 Å². The fourth-order valence-corrected chi connectivity index (χ4v) is 3.31. The van der Waals surface area contributed by atoms with Crippen LogP contribution in [0.4, 0.5) is 0 Å². The SMILES string of the molecule is CCOC(=O)C1C(=O)C=C(/C=C\c2ccccc2)CC1c1ccccc1. The minimum atomic E-state index is -0.772. The minimum Gasteiger partial charge on any atom is -0.465 e. The van der Waals surface area contributed by atoms with Crippen LogP contribution in [-0.4, -0.2) is 18.4 Å². The zero-order valence-electron chi connectivity index (χ0n) is 14.8. The summed E-state index contributed by atoms with van der Waals surface area (Å²) in [6.07, 6.45) is 6.17. The number of carbonyl (C=O) groups is 2. The summed E-state index contributed by atoms with van der Waals surface area (Å²) in [6, 6.07) is 19.7. The van der Waals surface area contributed by atoms with E-state index in [2.05, 4.69) is 0 Å². The number of benzene rings is 2. The van der Waals surface area contributed by atoms with Crippen LogP contribution in [0.3, 0.4) is 0 Å². The number of ether oxygens (including phenoxy) is 1. The monoisotopic (exact) mass is 346 g/mol. The molecular formula is C23H22O3. The third-order valence-electron chi connectivity index (χ3n) is 4.55. The Morgan fingerprint density at radius 3 is 2.35 bits per heavy atom. The van der Waals surface area contributed by atoms with Gasteiger partial charge >= 0.3 is 5.97 Å². The molecule has 2 unspecified atom stereocenters. The van der Waals surface area contributed by atoms with E-state index in [0.29, 0.717) is 6.42 Å². The van der Waals surface area contributed by atoms with E-state index >= 15 is 0 Å². The van der Waals surface area contributed by atoms with E-state index in [1.165, 1.54) is 0 Å². The van der Waals surface area contributed by atoms with Crippen molar-refractivity contribution in [3.8, 4) is 0 Å². The Morgan fingerprint density at radius 1 is 1.04 bits per heavy atom. The molecule has 0 radical (unpaired) electrons. The first-order valence-electron chi connectivity index (χ1n) is 8.88. The number of carbonyl (C=O) groups excluding carboxylic acids is 2. The molecule has 0 aromatic heterocycles. The van der Waals surface area contributed by atoms with Crippen molar-refractivity contribution in [1.82, 2.24) is 0 Å². The van der Waals surface area contributed by atoms with Gasteiger partial charge in [-0.2, -0.15) is 0 Å². The lowest BCUT2D eigenvalue weighted by Crippen LogP contribution is -2.34. The Bertz CT molecular complexity index is 819. The van der Waals surface area contributed by atoms with Gasteiger partial charge in [0, 0.05) is 5.92 Å². The zero-order chi connectivity index (χ0) is 18.4. The third-order valence-corrected chi connectivity index (χ3v) is 4.55. The summed E-state index contributed by atoms with van der Waals surface area (Å²) in [7, 11) is 0. The molecule has 0 saturated carbocycles. The van der Waals surface area contributed by atoms with Gasteiger partial charge < -0.3 is 4.74 Å². The first kappa shape index (κ1) is 17.9. The minimum absolute atomic E-state index is 0.184. The summed E-state index contributed by atoms with van der Waals surface area (Å²) in [6.45, 7) is 2.03. The fourth-order valence-electron chi connectivity index (χ4n) is 3.31. The number of esters is 1. The molecule has 0 heterocycles. The van der Waals surface area contributed by atoms with Crippen LogP contribution in [-0.2, 0) is 14.3 Å². The average molecular weight is 346 g/mol. The second-order valence-electron chi connectivity index (χ2n) is 6.32. The Balaban J connectivity index is 1.90. The first-order valence-corrected chi connectivity index (χ1v) is 8.88. The van der Waals surface area contributed by atoms with Crippen LogP contribution in [0.5, 0.6) is 0 Å². The summed E-state index contributed by atoms with van der Waals surface area (Å²) >= 11 is 0. The number of rotatable bonds is 5. The van der Waals surface area contributed by atoms with Crippen molar-refractivity contribution in [1.29, 1.82) is 0 Å². The molecule has 2 aromatic carbocycles. The highest BCUT2D eigenvalue weighted by Gasteiger charge is 2.38. The molecule has 1 aliphatic carbocycles. The van der Waals surface area contributed by atoms with E-state index in [1.807, 2.05) is 72.8 Å². The molecule has 0 fully saturated rings. The quantitative estimate of drug-likeness (QED) is 0.589. The van der Waals surface area contributed by atoms with Crippen LogP contribution in [0.15, 0.2) is 78.4 Å². The number of hydrogen-bond donors (Lipinski definition) is 0. The van der Waals surface area contributed by atoms with Crippen LogP contribution in [0.1, 0.15) is 30.4 Å². The smallest absolute Gasteiger partial charge is 0.317 e. The molecule has 0 bridgehead atoms. The molecule has 0 spiro atoms. The van der Waals surface area contributed by atoms with Crippen molar-refractivity contribution >= 4 is 17.8 Å². The number of ketones is 1. The first-order chi connectivity index (χ1) is 12.7. The van der Waals surface area contributed by atoms with Gasteiger partial charge in [-0.15, -0.1) is 0 Å². The van der Waals surface area contributed by atoms with Gasteiger partial charge in [-0.25, -0.2) is 0 Å². The summed E-state index contributed by atoms with van der Waals surface area (Å²) in [5.41, 5.74) is 2.98. The molecule has 3 rings (SSSR count). The van der Waals surface area contributed by atoms with Gasteiger partial charge in [0.25, 0.3) is 0 Å². The maximum absolute atomic E-state index is 12.7. The average Bonchev–Trinajstić information content (AvgIpc) is 2.67. The highest BCUT2D eigenvalue weighted by molar-refractivity contribution is 6.07. The van der Waals surface area contributed by atoms with E-state index in [1.54, 1.807) is 13.0 Å². The fraction of sp³-hybridized carbons (Fsp3) is 0.217. The summed E-state index contributed by atoms with van der Waals surface area (Å²) in [4.78, 5) is 25.1. The van der Waals surface area contributed by atoms with E-state index in [0.717, 1.165) is 16.7 Å². The molecule has 26 heavy (non-hydrogen) atoms. The molecule has 2 aromatic rings. The molecule has 0 amide bonds. The van der Waals surface area contributed by atoms with Gasteiger partial charge in [-0.05, 0) is 36.1 Å². The predicted octanol–water partition coefficient (Wildman–Crippen LogP) is 4.56. The summed E-state index contributed by atoms with van der Waals surface area (Å²) in [5, 5.41) is 0. The maximum atomic E-state index is 12.7. The predicted molar refractivity (Wildman–Crippen MR) is 102 cm³/mol. The molecule has 0 saturated heterocycles. The van der Waals surface area contributed by atoms with E-state index in [-0.39, 0.29) is 18.3 Å². The molecule has 3 nitrogen and oxygen atoms in total. The van der Waals surface area contributed by atoms with Crippen LogP contribution in [0.25, 0.3) is 6.08 Å².